The summed E-state index contributed by atoms with van der Waals surface area (Å²) in [5.41, 5.74) is 9.08. The highest BCUT2D eigenvalue weighted by molar-refractivity contribution is 7.92. The number of anilines is 1. The molecule has 0 atom stereocenters. The predicted molar refractivity (Wildman–Crippen MR) is 147 cm³/mol. The average molecular weight is 520 g/mol. The first-order valence-corrected chi connectivity index (χ1v) is 14.1. The summed E-state index contributed by atoms with van der Waals surface area (Å²) in [6.07, 6.45) is 6.41. The zero-order chi connectivity index (χ0) is 26.3. The Balaban J connectivity index is 1.30. The lowest BCUT2D eigenvalue weighted by atomic mass is 9.84. The molecule has 0 heterocycles. The van der Waals surface area contributed by atoms with Crippen molar-refractivity contribution in [1.82, 2.24) is 10.9 Å². The van der Waals surface area contributed by atoms with Gasteiger partial charge >= 0.3 is 0 Å². The van der Waals surface area contributed by atoms with Crippen LogP contribution in [0.25, 0.3) is 5.70 Å². The molecule has 3 N–H and O–H groups in total. The maximum atomic E-state index is 12.7. The van der Waals surface area contributed by atoms with Crippen molar-refractivity contribution in [1.29, 1.82) is 0 Å². The van der Waals surface area contributed by atoms with Gasteiger partial charge in [-0.25, -0.2) is 8.42 Å². The van der Waals surface area contributed by atoms with E-state index in [0.29, 0.717) is 35.2 Å². The van der Waals surface area contributed by atoms with Crippen LogP contribution in [0.4, 0.5) is 5.69 Å². The molecule has 4 rings (SSSR count). The van der Waals surface area contributed by atoms with Crippen LogP contribution in [0.3, 0.4) is 0 Å². The number of sulfonamides is 1. The van der Waals surface area contributed by atoms with Crippen LogP contribution in [-0.4, -0.2) is 20.9 Å². The Kier molecular flexibility index (Phi) is 8.50. The Morgan fingerprint density at radius 3 is 2.11 bits per heavy atom. The smallest absolute Gasteiger partial charge is 0.269 e. The Morgan fingerprint density at radius 1 is 0.865 bits per heavy atom. The summed E-state index contributed by atoms with van der Waals surface area (Å²) in [4.78, 5) is 12.7. The van der Waals surface area contributed by atoms with Crippen LogP contribution in [0.2, 0.25) is 0 Å². The monoisotopic (exact) mass is 519 g/mol. The topological polar surface area (TPSA) is 96.5 Å². The quantitative estimate of drug-likeness (QED) is 0.293. The van der Waals surface area contributed by atoms with Gasteiger partial charge in [0.25, 0.3) is 15.9 Å². The molecule has 0 spiro atoms. The van der Waals surface area contributed by atoms with Crippen molar-refractivity contribution in [2.24, 2.45) is 0 Å². The van der Waals surface area contributed by atoms with Crippen molar-refractivity contribution in [2.75, 3.05) is 11.3 Å². The summed E-state index contributed by atoms with van der Waals surface area (Å²) in [6.45, 7) is 6.38. The van der Waals surface area contributed by atoms with E-state index < -0.39 is 10.0 Å². The minimum absolute atomic E-state index is 0.118. The van der Waals surface area contributed by atoms with Gasteiger partial charge in [-0.3, -0.25) is 20.4 Å². The van der Waals surface area contributed by atoms with Crippen molar-refractivity contribution in [3.8, 4) is 5.75 Å². The molecule has 3 aromatic rings. The first kappa shape index (κ1) is 26.3. The lowest BCUT2D eigenvalue weighted by molar-refractivity contribution is 0.0942. The molecule has 0 radical (unpaired) electrons. The molecule has 3 aromatic carbocycles. The molecular weight excluding hydrogens is 486 g/mol. The van der Waals surface area contributed by atoms with Gasteiger partial charge in [0.05, 0.1) is 17.2 Å². The van der Waals surface area contributed by atoms with Crippen molar-refractivity contribution in [3.63, 3.8) is 0 Å². The van der Waals surface area contributed by atoms with Gasteiger partial charge in [-0.2, -0.15) is 0 Å². The molecular formula is C29H33N3O4S. The Bertz CT molecular complexity index is 1310. The number of carbonyl (C=O) groups excluding carboxylic acids is 1. The predicted octanol–water partition coefficient (Wildman–Crippen LogP) is 5.84. The van der Waals surface area contributed by atoms with E-state index in [1.165, 1.54) is 49.8 Å². The van der Waals surface area contributed by atoms with Crippen LogP contribution in [0, 0.1) is 0 Å². The van der Waals surface area contributed by atoms with Crippen molar-refractivity contribution >= 4 is 27.3 Å². The summed E-state index contributed by atoms with van der Waals surface area (Å²) < 4.78 is 33.2. The second kappa shape index (κ2) is 12.0. The second-order valence-corrected chi connectivity index (χ2v) is 10.8. The maximum absolute atomic E-state index is 12.7. The van der Waals surface area contributed by atoms with E-state index in [1.807, 2.05) is 19.1 Å². The van der Waals surface area contributed by atoms with Crippen LogP contribution in [0.15, 0.2) is 84.3 Å². The number of hydrogen-bond donors (Lipinski definition) is 3. The van der Waals surface area contributed by atoms with Crippen LogP contribution in [0.5, 0.6) is 5.75 Å². The molecule has 1 saturated carbocycles. The number of rotatable bonds is 10. The molecule has 7 nitrogen and oxygen atoms in total. The highest BCUT2D eigenvalue weighted by Crippen LogP contribution is 2.32. The largest absolute Gasteiger partial charge is 0.494 e. The summed E-state index contributed by atoms with van der Waals surface area (Å²) in [6, 6.07) is 20.7. The van der Waals surface area contributed by atoms with Gasteiger partial charge < -0.3 is 4.74 Å². The third-order valence-electron chi connectivity index (χ3n) is 6.51. The molecule has 0 unspecified atom stereocenters. The summed E-state index contributed by atoms with van der Waals surface area (Å²) in [7, 11) is -3.77. The zero-order valence-electron chi connectivity index (χ0n) is 21.0. The fourth-order valence-electron chi connectivity index (χ4n) is 4.45. The molecule has 0 aromatic heterocycles. The van der Waals surface area contributed by atoms with Gasteiger partial charge in [-0.15, -0.1) is 0 Å². The minimum Gasteiger partial charge on any atom is -0.494 e. The van der Waals surface area contributed by atoms with Gasteiger partial charge in [0.1, 0.15) is 5.75 Å². The molecule has 0 saturated heterocycles. The molecule has 1 amide bonds. The first-order valence-electron chi connectivity index (χ1n) is 12.6. The second-order valence-electron chi connectivity index (χ2n) is 9.10. The average Bonchev–Trinajstić information content (AvgIpc) is 2.93. The minimum atomic E-state index is -3.77. The molecule has 37 heavy (non-hydrogen) atoms. The molecule has 1 fully saturated rings. The number of benzene rings is 3. The Hall–Kier alpha value is -3.78. The standard InChI is InChI=1S/C29H33N3O4S/c1-3-36-27-17-19-28(20-18-27)37(34,35)32-26-15-13-25(14-16-26)29(33)31-30-21(2)22-9-11-24(12-10-22)23-7-5-4-6-8-23/h9-20,23,30,32H,2-8H2,1H3,(H,31,33). The van der Waals surface area contributed by atoms with Crippen molar-refractivity contribution in [2.45, 2.75) is 49.8 Å². The van der Waals surface area contributed by atoms with E-state index in [-0.39, 0.29) is 10.8 Å². The number of amides is 1. The fraction of sp³-hybridized carbons (Fsp3) is 0.276. The third-order valence-corrected chi connectivity index (χ3v) is 7.90. The van der Waals surface area contributed by atoms with Gasteiger partial charge in [0.15, 0.2) is 0 Å². The molecule has 0 aliphatic heterocycles. The Labute approximate surface area is 219 Å². The lowest BCUT2D eigenvalue weighted by Gasteiger charge is -2.22. The summed E-state index contributed by atoms with van der Waals surface area (Å²) in [5, 5.41) is 0. The number of ether oxygens (including phenoxy) is 1. The van der Waals surface area contributed by atoms with Gasteiger partial charge in [-0.1, -0.05) is 50.1 Å². The number of nitrogens with one attached hydrogen (secondary N) is 3. The molecule has 0 bridgehead atoms. The van der Waals surface area contributed by atoms with E-state index in [0.717, 1.165) is 5.56 Å². The fourth-order valence-corrected chi connectivity index (χ4v) is 5.51. The van der Waals surface area contributed by atoms with Gasteiger partial charge in [0.2, 0.25) is 0 Å². The Morgan fingerprint density at radius 2 is 1.49 bits per heavy atom. The first-order chi connectivity index (χ1) is 17.9. The molecule has 8 heteroatoms. The third kappa shape index (κ3) is 6.92. The van der Waals surface area contributed by atoms with Crippen LogP contribution in [-0.2, 0) is 10.0 Å². The molecule has 1 aliphatic carbocycles. The molecule has 1 aliphatic rings. The molecule has 194 valence electrons. The number of hydrazine groups is 1. The maximum Gasteiger partial charge on any atom is 0.269 e. The number of hydrogen-bond acceptors (Lipinski definition) is 5. The van der Waals surface area contributed by atoms with Gasteiger partial charge in [-0.05, 0) is 85.3 Å². The summed E-state index contributed by atoms with van der Waals surface area (Å²) >= 11 is 0. The zero-order valence-corrected chi connectivity index (χ0v) is 21.8. The highest BCUT2D eigenvalue weighted by Gasteiger charge is 2.16. The lowest BCUT2D eigenvalue weighted by Crippen LogP contribution is -2.35. The van der Waals surface area contributed by atoms with Crippen molar-refractivity contribution in [3.05, 3.63) is 96.1 Å². The van der Waals surface area contributed by atoms with E-state index in [4.69, 9.17) is 4.74 Å². The van der Waals surface area contributed by atoms with E-state index in [9.17, 15) is 13.2 Å². The van der Waals surface area contributed by atoms with Crippen LogP contribution >= 0.6 is 0 Å². The highest BCUT2D eigenvalue weighted by atomic mass is 32.2. The SMILES string of the molecule is C=C(NNC(=O)c1ccc(NS(=O)(=O)c2ccc(OCC)cc2)cc1)c1ccc(C2CCCCC2)cc1. The van der Waals surface area contributed by atoms with Gasteiger partial charge in [0, 0.05) is 11.3 Å². The normalized spacial score (nSPS) is 14.0. The van der Waals surface area contributed by atoms with E-state index in [1.54, 1.807) is 36.4 Å². The van der Waals surface area contributed by atoms with Crippen molar-refractivity contribution < 1.29 is 17.9 Å². The summed E-state index contributed by atoms with van der Waals surface area (Å²) in [5.74, 6) is 0.877. The van der Waals surface area contributed by atoms with E-state index >= 15 is 0 Å². The van der Waals surface area contributed by atoms with Crippen LogP contribution < -0.4 is 20.3 Å². The van der Waals surface area contributed by atoms with Crippen LogP contribution in [0.1, 0.15) is 66.4 Å². The number of carbonyl (C=O) groups is 1. The van der Waals surface area contributed by atoms with E-state index in [2.05, 4.69) is 34.3 Å².